The van der Waals surface area contributed by atoms with Crippen molar-refractivity contribution in [2.45, 2.75) is 25.8 Å². The molecule has 16 heavy (non-hydrogen) atoms. The van der Waals surface area contributed by atoms with Crippen LogP contribution in [-0.4, -0.2) is 28.4 Å². The molecule has 0 saturated carbocycles. The average Bonchev–Trinajstić information content (AvgIpc) is 2.84. The van der Waals surface area contributed by atoms with Crippen molar-refractivity contribution in [3.05, 3.63) is 23.7 Å². The molecule has 0 aliphatic carbocycles. The molecule has 0 spiro atoms. The van der Waals surface area contributed by atoms with Crippen LogP contribution in [0.25, 0.3) is 0 Å². The van der Waals surface area contributed by atoms with Gasteiger partial charge in [-0.15, -0.1) is 0 Å². The molecule has 1 aromatic rings. The Morgan fingerprint density at radius 3 is 3.00 bits per heavy atom. The molecule has 1 saturated heterocycles. The molecule has 0 radical (unpaired) electrons. The predicted molar refractivity (Wildman–Crippen MR) is 64.3 cm³/mol. The van der Waals surface area contributed by atoms with Crippen LogP contribution in [0.3, 0.4) is 0 Å². The van der Waals surface area contributed by atoms with E-state index in [9.17, 15) is 4.79 Å². The van der Waals surface area contributed by atoms with Crippen LogP contribution >= 0.6 is 12.2 Å². The fraction of sp³-hybridized carbons (Fsp3) is 0.455. The standard InChI is InChI=1S/C11H14N2O2S/c1-7-4-6-15-9(7)11(14)13-5-2-3-8(13)10(12)16/h4,6,8H,2-3,5H2,1H3,(H2,12,16). The fourth-order valence-corrected chi connectivity index (χ4v) is 2.27. The van der Waals surface area contributed by atoms with Gasteiger partial charge in [-0.1, -0.05) is 12.2 Å². The quantitative estimate of drug-likeness (QED) is 0.793. The molecule has 2 heterocycles. The molecule has 86 valence electrons. The van der Waals surface area contributed by atoms with E-state index in [2.05, 4.69) is 0 Å². The molecular weight excluding hydrogens is 224 g/mol. The molecule has 5 heteroatoms. The highest BCUT2D eigenvalue weighted by atomic mass is 32.1. The summed E-state index contributed by atoms with van der Waals surface area (Å²) < 4.78 is 5.19. The number of furan rings is 1. The van der Waals surface area contributed by atoms with Crippen LogP contribution in [0.2, 0.25) is 0 Å². The van der Waals surface area contributed by atoms with Gasteiger partial charge in [0.15, 0.2) is 5.76 Å². The van der Waals surface area contributed by atoms with Crippen LogP contribution in [0.15, 0.2) is 16.7 Å². The van der Waals surface area contributed by atoms with Gasteiger partial charge in [-0.25, -0.2) is 0 Å². The molecule has 1 aromatic heterocycles. The minimum atomic E-state index is -0.119. The Morgan fingerprint density at radius 2 is 2.44 bits per heavy atom. The van der Waals surface area contributed by atoms with Crippen molar-refractivity contribution in [1.29, 1.82) is 0 Å². The summed E-state index contributed by atoms with van der Waals surface area (Å²) in [6.07, 6.45) is 3.31. The van der Waals surface area contributed by atoms with Crippen molar-refractivity contribution in [1.82, 2.24) is 4.90 Å². The number of hydrogen-bond acceptors (Lipinski definition) is 3. The lowest BCUT2D eigenvalue weighted by Crippen LogP contribution is -2.42. The Morgan fingerprint density at radius 1 is 1.69 bits per heavy atom. The van der Waals surface area contributed by atoms with Crippen LogP contribution in [0.1, 0.15) is 29.0 Å². The average molecular weight is 238 g/mol. The number of carbonyl (C=O) groups excluding carboxylic acids is 1. The minimum absolute atomic E-state index is 0.113. The molecule has 1 amide bonds. The zero-order valence-corrected chi connectivity index (χ0v) is 9.92. The van der Waals surface area contributed by atoms with Crippen molar-refractivity contribution in [2.75, 3.05) is 6.54 Å². The van der Waals surface area contributed by atoms with Crippen LogP contribution < -0.4 is 5.73 Å². The lowest BCUT2D eigenvalue weighted by atomic mass is 10.2. The van der Waals surface area contributed by atoms with E-state index in [1.54, 1.807) is 11.0 Å². The summed E-state index contributed by atoms with van der Waals surface area (Å²) >= 11 is 4.97. The second-order valence-electron chi connectivity index (χ2n) is 3.99. The van der Waals surface area contributed by atoms with Gasteiger partial charge in [-0.05, 0) is 25.8 Å². The summed E-state index contributed by atoms with van der Waals surface area (Å²) in [4.78, 5) is 14.2. The van der Waals surface area contributed by atoms with Gasteiger partial charge in [0.2, 0.25) is 0 Å². The number of carbonyl (C=O) groups is 1. The molecule has 4 nitrogen and oxygen atoms in total. The molecule has 0 aromatic carbocycles. The van der Waals surface area contributed by atoms with E-state index >= 15 is 0 Å². The molecule has 1 fully saturated rings. The van der Waals surface area contributed by atoms with Crippen molar-refractivity contribution in [3.8, 4) is 0 Å². The first-order valence-electron chi connectivity index (χ1n) is 5.25. The van der Waals surface area contributed by atoms with Gasteiger partial charge in [-0.2, -0.15) is 0 Å². The van der Waals surface area contributed by atoms with Crippen molar-refractivity contribution < 1.29 is 9.21 Å². The molecule has 1 aliphatic heterocycles. The summed E-state index contributed by atoms with van der Waals surface area (Å²) in [7, 11) is 0. The monoisotopic (exact) mass is 238 g/mol. The van der Waals surface area contributed by atoms with E-state index in [-0.39, 0.29) is 11.9 Å². The summed E-state index contributed by atoms with van der Waals surface area (Å²) in [5.41, 5.74) is 6.47. The first-order valence-corrected chi connectivity index (χ1v) is 5.66. The highest BCUT2D eigenvalue weighted by molar-refractivity contribution is 7.80. The molecule has 0 bridgehead atoms. The van der Waals surface area contributed by atoms with E-state index in [0.29, 0.717) is 17.3 Å². The lowest BCUT2D eigenvalue weighted by molar-refractivity contribution is 0.0737. The second-order valence-corrected chi connectivity index (χ2v) is 4.46. The lowest BCUT2D eigenvalue weighted by Gasteiger charge is -2.22. The normalized spacial score (nSPS) is 20.1. The third kappa shape index (κ3) is 1.82. The zero-order valence-electron chi connectivity index (χ0n) is 9.10. The second kappa shape index (κ2) is 4.25. The number of nitrogens with two attached hydrogens (primary N) is 1. The van der Waals surface area contributed by atoms with Gasteiger partial charge >= 0.3 is 0 Å². The smallest absolute Gasteiger partial charge is 0.290 e. The Kier molecular flexibility index (Phi) is 2.96. The molecule has 2 rings (SSSR count). The number of rotatable bonds is 2. The maximum absolute atomic E-state index is 12.2. The van der Waals surface area contributed by atoms with Gasteiger partial charge in [0.1, 0.15) is 0 Å². The molecule has 2 N–H and O–H groups in total. The number of thiocarbonyl (C=S) groups is 1. The van der Waals surface area contributed by atoms with Gasteiger partial charge in [-0.3, -0.25) is 4.79 Å². The maximum atomic E-state index is 12.2. The van der Waals surface area contributed by atoms with Crippen LogP contribution in [-0.2, 0) is 0 Å². The van der Waals surface area contributed by atoms with Crippen molar-refractivity contribution in [3.63, 3.8) is 0 Å². The fourth-order valence-electron chi connectivity index (χ4n) is 2.03. The number of amides is 1. The Labute approximate surface area is 99.4 Å². The number of aryl methyl sites for hydroxylation is 1. The zero-order chi connectivity index (χ0) is 11.7. The Hall–Kier alpha value is -1.36. The first kappa shape index (κ1) is 11.1. The van der Waals surface area contributed by atoms with E-state index < -0.39 is 0 Å². The largest absolute Gasteiger partial charge is 0.459 e. The summed E-state index contributed by atoms with van der Waals surface area (Å²) in [6.45, 7) is 2.55. The number of hydrogen-bond donors (Lipinski definition) is 1. The van der Waals surface area contributed by atoms with Crippen molar-refractivity contribution in [2.24, 2.45) is 5.73 Å². The predicted octanol–water partition coefficient (Wildman–Crippen LogP) is 1.48. The maximum Gasteiger partial charge on any atom is 0.290 e. The number of likely N-dealkylation sites (tertiary alicyclic amines) is 1. The molecular formula is C11H14N2O2S. The van der Waals surface area contributed by atoms with Crippen LogP contribution in [0, 0.1) is 6.92 Å². The number of nitrogens with zero attached hydrogens (tertiary/aromatic N) is 1. The summed E-state index contributed by atoms with van der Waals surface area (Å²) in [6, 6.07) is 1.66. The summed E-state index contributed by atoms with van der Waals surface area (Å²) in [5, 5.41) is 0. The van der Waals surface area contributed by atoms with E-state index in [4.69, 9.17) is 22.4 Å². The Balaban J connectivity index is 2.22. The van der Waals surface area contributed by atoms with E-state index in [1.807, 2.05) is 6.92 Å². The topological polar surface area (TPSA) is 59.5 Å². The SMILES string of the molecule is Cc1ccoc1C(=O)N1CCCC1C(N)=S. The van der Waals surface area contributed by atoms with Crippen LogP contribution in [0.4, 0.5) is 0 Å². The minimum Gasteiger partial charge on any atom is -0.459 e. The summed E-state index contributed by atoms with van der Waals surface area (Å²) in [5.74, 6) is 0.279. The third-order valence-electron chi connectivity index (χ3n) is 2.90. The molecule has 1 aliphatic rings. The van der Waals surface area contributed by atoms with Crippen LogP contribution in [0.5, 0.6) is 0 Å². The van der Waals surface area contributed by atoms with E-state index in [0.717, 1.165) is 18.4 Å². The van der Waals surface area contributed by atoms with Gasteiger partial charge < -0.3 is 15.1 Å². The highest BCUT2D eigenvalue weighted by Gasteiger charge is 2.33. The van der Waals surface area contributed by atoms with Gasteiger partial charge in [0, 0.05) is 12.1 Å². The first-order chi connectivity index (χ1) is 7.61. The molecule has 1 unspecified atom stereocenters. The molecule has 1 atom stereocenters. The van der Waals surface area contributed by atoms with Crippen molar-refractivity contribution >= 4 is 23.1 Å². The van der Waals surface area contributed by atoms with Gasteiger partial charge in [0.25, 0.3) is 5.91 Å². The van der Waals surface area contributed by atoms with Gasteiger partial charge in [0.05, 0.1) is 17.3 Å². The van der Waals surface area contributed by atoms with E-state index in [1.165, 1.54) is 6.26 Å². The third-order valence-corrected chi connectivity index (χ3v) is 3.17. The highest BCUT2D eigenvalue weighted by Crippen LogP contribution is 2.22. The Bertz CT molecular complexity index is 427.